The van der Waals surface area contributed by atoms with Crippen molar-refractivity contribution < 1.29 is 9.90 Å². The topological polar surface area (TPSA) is 37.3 Å². The van der Waals surface area contributed by atoms with Gasteiger partial charge in [0.1, 0.15) is 5.78 Å². The third kappa shape index (κ3) is 2.04. The molecule has 2 heteroatoms. The molecular weight excluding hydrogens is 200 g/mol. The Bertz CT molecular complexity index is 255. The van der Waals surface area contributed by atoms with Gasteiger partial charge in [-0.25, -0.2) is 0 Å². The highest BCUT2D eigenvalue weighted by Gasteiger charge is 2.61. The van der Waals surface area contributed by atoms with Gasteiger partial charge in [0.15, 0.2) is 0 Å². The smallest absolute Gasteiger partial charge is 0.139 e. The molecule has 0 aliphatic heterocycles. The number of fused-ring (bicyclic) bond motifs is 2. The van der Waals surface area contributed by atoms with Crippen LogP contribution in [0.1, 0.15) is 59.8 Å². The van der Waals surface area contributed by atoms with E-state index in [4.69, 9.17) is 5.11 Å². The molecule has 0 radical (unpaired) electrons. The Hall–Kier alpha value is -0.370. The highest BCUT2D eigenvalue weighted by molar-refractivity contribution is 5.89. The maximum absolute atomic E-state index is 11.6. The molecule has 94 valence electrons. The van der Waals surface area contributed by atoms with Gasteiger partial charge < -0.3 is 5.11 Å². The number of ketones is 1. The lowest BCUT2D eigenvalue weighted by Gasteiger charge is -2.32. The first-order valence-corrected chi connectivity index (χ1v) is 6.54. The van der Waals surface area contributed by atoms with E-state index in [1.54, 1.807) is 0 Å². The maximum atomic E-state index is 11.6. The normalized spacial score (nSPS) is 34.8. The summed E-state index contributed by atoms with van der Waals surface area (Å²) in [5.74, 6) is 1.19. The zero-order chi connectivity index (χ0) is 12.4. The van der Waals surface area contributed by atoms with Gasteiger partial charge >= 0.3 is 0 Å². The number of aliphatic hydroxyl groups is 1. The summed E-state index contributed by atoms with van der Waals surface area (Å²) in [4.78, 5) is 11.6. The third-order valence-electron chi connectivity index (χ3n) is 4.99. The molecular formula is C14H26O2. The van der Waals surface area contributed by atoms with E-state index >= 15 is 0 Å². The van der Waals surface area contributed by atoms with Crippen molar-refractivity contribution in [1.29, 1.82) is 0 Å². The fourth-order valence-corrected chi connectivity index (χ4v) is 3.06. The second-order valence-corrected chi connectivity index (χ2v) is 5.99. The molecule has 0 amide bonds. The van der Waals surface area contributed by atoms with E-state index < -0.39 is 0 Å². The van der Waals surface area contributed by atoms with Gasteiger partial charge in [0, 0.05) is 18.4 Å². The molecule has 2 atom stereocenters. The molecule has 0 aromatic carbocycles. The first-order chi connectivity index (χ1) is 7.40. The van der Waals surface area contributed by atoms with E-state index in [1.165, 1.54) is 6.42 Å². The van der Waals surface area contributed by atoms with Crippen molar-refractivity contribution in [3.63, 3.8) is 0 Å². The quantitative estimate of drug-likeness (QED) is 0.785. The summed E-state index contributed by atoms with van der Waals surface area (Å²) in [6.45, 7) is 9.07. The minimum absolute atomic E-state index is 0.0255. The Kier molecular flexibility index (Phi) is 4.17. The molecule has 2 saturated carbocycles. The monoisotopic (exact) mass is 226 g/mol. The number of hydrogen-bond acceptors (Lipinski definition) is 2. The van der Waals surface area contributed by atoms with Crippen LogP contribution in [0.3, 0.4) is 0 Å². The van der Waals surface area contributed by atoms with Gasteiger partial charge in [0.05, 0.1) is 0 Å². The minimum atomic E-state index is 0.0255. The fourth-order valence-electron chi connectivity index (χ4n) is 3.06. The molecule has 2 rings (SSSR count). The lowest BCUT2D eigenvalue weighted by Crippen LogP contribution is -2.32. The number of carbonyl (C=O) groups is 1. The van der Waals surface area contributed by atoms with Crippen LogP contribution < -0.4 is 0 Å². The van der Waals surface area contributed by atoms with E-state index in [0.717, 1.165) is 25.7 Å². The van der Waals surface area contributed by atoms with Crippen LogP contribution in [-0.4, -0.2) is 17.5 Å². The van der Waals surface area contributed by atoms with Gasteiger partial charge in [-0.05, 0) is 30.6 Å². The van der Waals surface area contributed by atoms with E-state index in [0.29, 0.717) is 18.3 Å². The van der Waals surface area contributed by atoms with E-state index in [2.05, 4.69) is 27.7 Å². The number of aliphatic hydroxyl groups excluding tert-OH is 1. The Morgan fingerprint density at radius 2 is 2.00 bits per heavy atom. The molecule has 0 aromatic rings. The highest BCUT2D eigenvalue weighted by Crippen LogP contribution is 2.63. The summed E-state index contributed by atoms with van der Waals surface area (Å²) < 4.78 is 0. The molecule has 2 aliphatic carbocycles. The number of rotatable bonds is 2. The van der Waals surface area contributed by atoms with Crippen molar-refractivity contribution in [2.75, 3.05) is 6.61 Å². The molecule has 2 aliphatic rings. The maximum Gasteiger partial charge on any atom is 0.139 e. The first-order valence-electron chi connectivity index (χ1n) is 6.54. The van der Waals surface area contributed by atoms with Crippen LogP contribution in [0.15, 0.2) is 0 Å². The largest absolute Gasteiger partial charge is 0.396 e. The van der Waals surface area contributed by atoms with Crippen molar-refractivity contribution in [2.45, 2.75) is 59.8 Å². The van der Waals surface area contributed by atoms with Crippen molar-refractivity contribution in [3.8, 4) is 0 Å². The average Bonchev–Trinajstić information content (AvgIpc) is 2.53. The molecule has 2 fully saturated rings. The van der Waals surface area contributed by atoms with Crippen LogP contribution in [0.2, 0.25) is 0 Å². The van der Waals surface area contributed by atoms with Crippen LogP contribution in [0.5, 0.6) is 0 Å². The summed E-state index contributed by atoms with van der Waals surface area (Å²) in [5, 5.41) is 8.07. The van der Waals surface area contributed by atoms with Gasteiger partial charge in [-0.1, -0.05) is 34.1 Å². The van der Waals surface area contributed by atoms with E-state index in [-0.39, 0.29) is 10.8 Å². The molecule has 16 heavy (non-hydrogen) atoms. The predicted molar refractivity (Wildman–Crippen MR) is 66.2 cm³/mol. The van der Waals surface area contributed by atoms with Gasteiger partial charge in [0.2, 0.25) is 0 Å². The Morgan fingerprint density at radius 3 is 2.12 bits per heavy atom. The Morgan fingerprint density at radius 1 is 1.38 bits per heavy atom. The number of Topliss-reactive ketones (excluding diaryl/α,β-unsaturated/α-hetero) is 1. The van der Waals surface area contributed by atoms with Crippen LogP contribution in [0, 0.1) is 16.7 Å². The second-order valence-electron chi connectivity index (χ2n) is 5.99. The summed E-state index contributed by atoms with van der Waals surface area (Å²) in [5.41, 5.74) is 0.307. The van der Waals surface area contributed by atoms with Gasteiger partial charge in [-0.2, -0.15) is 0 Å². The second kappa shape index (κ2) is 4.87. The molecule has 0 spiro atoms. The van der Waals surface area contributed by atoms with Crippen LogP contribution in [-0.2, 0) is 4.79 Å². The van der Waals surface area contributed by atoms with Crippen LogP contribution >= 0.6 is 0 Å². The summed E-state index contributed by atoms with van der Waals surface area (Å²) in [6, 6.07) is 0. The molecule has 2 nitrogen and oxygen atoms in total. The van der Waals surface area contributed by atoms with Crippen LogP contribution in [0.4, 0.5) is 0 Å². The zero-order valence-electron chi connectivity index (χ0n) is 11.2. The first kappa shape index (κ1) is 13.7. The van der Waals surface area contributed by atoms with Crippen molar-refractivity contribution >= 4 is 5.78 Å². The number of carbonyl (C=O) groups excluding carboxylic acids is 1. The molecule has 0 aromatic heterocycles. The van der Waals surface area contributed by atoms with E-state index in [9.17, 15) is 4.79 Å². The molecule has 0 saturated heterocycles. The van der Waals surface area contributed by atoms with Gasteiger partial charge in [0.25, 0.3) is 0 Å². The third-order valence-corrected chi connectivity index (χ3v) is 4.99. The lowest BCUT2D eigenvalue weighted by atomic mass is 9.70. The molecule has 2 unspecified atom stereocenters. The van der Waals surface area contributed by atoms with E-state index in [1.807, 2.05) is 0 Å². The minimum Gasteiger partial charge on any atom is -0.396 e. The Labute approximate surface area is 99.4 Å². The predicted octanol–water partition coefficient (Wildman–Crippen LogP) is 3.18. The highest BCUT2D eigenvalue weighted by atomic mass is 16.2. The lowest BCUT2D eigenvalue weighted by molar-refractivity contribution is -0.128. The SMILES string of the molecule is CC12CCC(CC1=O)C2(C)C.CCCCO. The summed E-state index contributed by atoms with van der Waals surface area (Å²) >= 11 is 0. The fraction of sp³-hybridized carbons (Fsp3) is 0.929. The van der Waals surface area contributed by atoms with Crippen LogP contribution in [0.25, 0.3) is 0 Å². The van der Waals surface area contributed by atoms with Gasteiger partial charge in [-0.3, -0.25) is 4.79 Å². The summed E-state index contributed by atoms with van der Waals surface area (Å²) in [6.07, 6.45) is 5.29. The number of hydrogen-bond donors (Lipinski definition) is 1. The molecule has 0 heterocycles. The molecule has 1 N–H and O–H groups in total. The standard InChI is InChI=1S/C10H16O.C4H10O/c1-9(2)7-4-5-10(9,3)8(11)6-7;1-2-3-4-5/h7H,4-6H2,1-3H3;5H,2-4H2,1H3. The van der Waals surface area contributed by atoms with Crippen molar-refractivity contribution in [1.82, 2.24) is 0 Å². The Balaban J connectivity index is 0.000000221. The van der Waals surface area contributed by atoms with Crippen molar-refractivity contribution in [2.24, 2.45) is 16.7 Å². The average molecular weight is 226 g/mol. The number of unbranched alkanes of at least 4 members (excludes halogenated alkanes) is 1. The summed E-state index contributed by atoms with van der Waals surface area (Å²) in [7, 11) is 0. The van der Waals surface area contributed by atoms with Crippen molar-refractivity contribution in [3.05, 3.63) is 0 Å². The van der Waals surface area contributed by atoms with Gasteiger partial charge in [-0.15, -0.1) is 0 Å². The molecule has 2 bridgehead atoms. The zero-order valence-corrected chi connectivity index (χ0v) is 11.2.